The van der Waals surface area contributed by atoms with E-state index in [2.05, 4.69) is 0 Å². The van der Waals surface area contributed by atoms with Crippen molar-refractivity contribution in [3.8, 4) is 0 Å². The standard InChI is InChI=1S/C13H14O3S/c14-12-10(13(15)16)7-4-8-11(12)17-9-5-2-1-3-6-9/h1-3,5-6,10-11H,4,7-8H2,(H,15,16). The monoisotopic (exact) mass is 250 g/mol. The van der Waals surface area contributed by atoms with Crippen LogP contribution in [0.1, 0.15) is 19.3 Å². The van der Waals surface area contributed by atoms with Crippen LogP contribution in [0.2, 0.25) is 0 Å². The van der Waals surface area contributed by atoms with Crippen molar-refractivity contribution in [1.29, 1.82) is 0 Å². The first kappa shape index (κ1) is 12.2. The van der Waals surface area contributed by atoms with Crippen molar-refractivity contribution < 1.29 is 14.7 Å². The molecule has 17 heavy (non-hydrogen) atoms. The Morgan fingerprint density at radius 3 is 2.59 bits per heavy atom. The number of hydrogen-bond acceptors (Lipinski definition) is 3. The van der Waals surface area contributed by atoms with Crippen LogP contribution in [0, 0.1) is 5.92 Å². The Kier molecular flexibility index (Phi) is 3.84. The van der Waals surface area contributed by atoms with Crippen molar-refractivity contribution in [3.05, 3.63) is 30.3 Å². The van der Waals surface area contributed by atoms with Crippen LogP contribution in [0.3, 0.4) is 0 Å². The number of ketones is 1. The second-order valence-electron chi connectivity index (χ2n) is 4.14. The highest BCUT2D eigenvalue weighted by Crippen LogP contribution is 2.33. The molecule has 3 nitrogen and oxygen atoms in total. The molecule has 2 atom stereocenters. The molecular formula is C13H14O3S. The number of carboxylic acid groups (broad SMARTS) is 1. The average Bonchev–Trinajstić information content (AvgIpc) is 2.33. The SMILES string of the molecule is O=C(O)C1CCCC(Sc2ccccc2)C1=O. The van der Waals surface area contributed by atoms with Gasteiger partial charge in [-0.05, 0) is 25.0 Å². The molecule has 1 aliphatic carbocycles. The fraction of sp³-hybridized carbons (Fsp3) is 0.385. The van der Waals surface area contributed by atoms with Crippen LogP contribution in [0.15, 0.2) is 35.2 Å². The summed E-state index contributed by atoms with van der Waals surface area (Å²) in [6, 6.07) is 9.66. The Morgan fingerprint density at radius 1 is 1.24 bits per heavy atom. The lowest BCUT2D eigenvalue weighted by Gasteiger charge is -2.24. The highest BCUT2D eigenvalue weighted by atomic mass is 32.2. The van der Waals surface area contributed by atoms with Crippen molar-refractivity contribution in [1.82, 2.24) is 0 Å². The molecular weight excluding hydrogens is 236 g/mol. The van der Waals surface area contributed by atoms with Gasteiger partial charge in [0, 0.05) is 4.90 Å². The quantitative estimate of drug-likeness (QED) is 0.838. The Morgan fingerprint density at radius 2 is 1.94 bits per heavy atom. The summed E-state index contributed by atoms with van der Waals surface area (Å²) in [6.45, 7) is 0. The largest absolute Gasteiger partial charge is 0.481 e. The van der Waals surface area contributed by atoms with Gasteiger partial charge in [-0.25, -0.2) is 0 Å². The fourth-order valence-electron chi connectivity index (χ4n) is 2.04. The first-order valence-electron chi connectivity index (χ1n) is 5.66. The summed E-state index contributed by atoms with van der Waals surface area (Å²) in [7, 11) is 0. The predicted octanol–water partition coefficient (Wildman–Crippen LogP) is 2.60. The van der Waals surface area contributed by atoms with Crippen LogP contribution in [0.25, 0.3) is 0 Å². The number of aliphatic carboxylic acids is 1. The lowest BCUT2D eigenvalue weighted by atomic mass is 9.88. The number of carbonyl (C=O) groups is 2. The molecule has 0 saturated heterocycles. The molecule has 1 N–H and O–H groups in total. The summed E-state index contributed by atoms with van der Waals surface area (Å²) in [4.78, 5) is 23.9. The molecule has 2 unspecified atom stereocenters. The summed E-state index contributed by atoms with van der Waals surface area (Å²) in [5.41, 5.74) is 0. The first-order valence-corrected chi connectivity index (χ1v) is 6.54. The van der Waals surface area contributed by atoms with Gasteiger partial charge in [0.2, 0.25) is 0 Å². The minimum Gasteiger partial charge on any atom is -0.481 e. The lowest BCUT2D eigenvalue weighted by Crippen LogP contribution is -2.35. The maximum absolute atomic E-state index is 12.0. The van der Waals surface area contributed by atoms with Gasteiger partial charge in [0.05, 0.1) is 5.25 Å². The third-order valence-corrected chi connectivity index (χ3v) is 4.24. The maximum Gasteiger partial charge on any atom is 0.314 e. The molecule has 90 valence electrons. The van der Waals surface area contributed by atoms with Gasteiger partial charge in [-0.15, -0.1) is 11.8 Å². The summed E-state index contributed by atoms with van der Waals surface area (Å²) in [6.07, 6.45) is 2.08. The Bertz CT molecular complexity index is 416. The summed E-state index contributed by atoms with van der Waals surface area (Å²) in [5.74, 6) is -1.91. The molecule has 1 fully saturated rings. The second kappa shape index (κ2) is 5.36. The first-order chi connectivity index (χ1) is 8.18. The third-order valence-electron chi connectivity index (χ3n) is 2.94. The molecule has 0 radical (unpaired) electrons. The Hall–Kier alpha value is -1.29. The molecule has 0 bridgehead atoms. The van der Waals surface area contributed by atoms with Gasteiger partial charge < -0.3 is 5.11 Å². The summed E-state index contributed by atoms with van der Waals surface area (Å²) < 4.78 is 0. The molecule has 1 saturated carbocycles. The van der Waals surface area contributed by atoms with E-state index in [1.807, 2.05) is 30.3 Å². The Labute approximate surface area is 104 Å². The number of Topliss-reactive ketones (excluding diaryl/α,β-unsaturated/α-hetero) is 1. The maximum atomic E-state index is 12.0. The van der Waals surface area contributed by atoms with E-state index in [4.69, 9.17) is 5.11 Å². The zero-order valence-corrected chi connectivity index (χ0v) is 10.2. The smallest absolute Gasteiger partial charge is 0.314 e. The second-order valence-corrected chi connectivity index (χ2v) is 5.42. The van der Waals surface area contributed by atoms with Crippen LogP contribution in [0.5, 0.6) is 0 Å². The predicted molar refractivity (Wildman–Crippen MR) is 66.1 cm³/mol. The van der Waals surface area contributed by atoms with Crippen molar-refractivity contribution in [2.75, 3.05) is 0 Å². The lowest BCUT2D eigenvalue weighted by molar-refractivity contribution is -0.147. The van der Waals surface area contributed by atoms with E-state index < -0.39 is 11.9 Å². The molecule has 1 aliphatic rings. The van der Waals surface area contributed by atoms with Gasteiger partial charge in [0.1, 0.15) is 5.92 Å². The van der Waals surface area contributed by atoms with Crippen molar-refractivity contribution >= 4 is 23.5 Å². The van der Waals surface area contributed by atoms with E-state index in [9.17, 15) is 9.59 Å². The summed E-state index contributed by atoms with van der Waals surface area (Å²) >= 11 is 1.48. The van der Waals surface area contributed by atoms with Gasteiger partial charge in [-0.2, -0.15) is 0 Å². The van der Waals surface area contributed by atoms with Crippen LogP contribution in [-0.2, 0) is 9.59 Å². The number of thioether (sulfide) groups is 1. The molecule has 0 aliphatic heterocycles. The molecule has 2 rings (SSSR count). The van der Waals surface area contributed by atoms with E-state index in [1.54, 1.807) is 0 Å². The van der Waals surface area contributed by atoms with Crippen LogP contribution < -0.4 is 0 Å². The van der Waals surface area contributed by atoms with Crippen molar-refractivity contribution in [3.63, 3.8) is 0 Å². The van der Waals surface area contributed by atoms with Gasteiger partial charge >= 0.3 is 5.97 Å². The van der Waals surface area contributed by atoms with Crippen LogP contribution >= 0.6 is 11.8 Å². The van der Waals surface area contributed by atoms with E-state index in [0.717, 1.165) is 17.7 Å². The molecule has 1 aromatic carbocycles. The van der Waals surface area contributed by atoms with Crippen LogP contribution in [-0.4, -0.2) is 22.1 Å². The average molecular weight is 250 g/mol. The minimum absolute atomic E-state index is 0.127. The Balaban J connectivity index is 2.06. The highest BCUT2D eigenvalue weighted by molar-refractivity contribution is 8.00. The fourth-order valence-corrected chi connectivity index (χ4v) is 3.25. The van der Waals surface area contributed by atoms with Crippen LogP contribution in [0.4, 0.5) is 0 Å². The molecule has 4 heteroatoms. The zero-order valence-electron chi connectivity index (χ0n) is 9.33. The van der Waals surface area contributed by atoms with Gasteiger partial charge in [-0.3, -0.25) is 9.59 Å². The molecule has 1 aromatic rings. The number of hydrogen-bond donors (Lipinski definition) is 1. The number of benzene rings is 1. The van der Waals surface area contributed by atoms with Crippen molar-refractivity contribution in [2.24, 2.45) is 5.92 Å². The van der Waals surface area contributed by atoms with Gasteiger partial charge in [0.25, 0.3) is 0 Å². The molecule has 0 spiro atoms. The number of carboxylic acids is 1. The third kappa shape index (κ3) is 2.88. The number of rotatable bonds is 3. The number of carbonyl (C=O) groups excluding carboxylic acids is 1. The van der Waals surface area contributed by atoms with E-state index in [0.29, 0.717) is 6.42 Å². The summed E-state index contributed by atoms with van der Waals surface area (Å²) in [5, 5.41) is 8.76. The molecule has 0 aromatic heterocycles. The van der Waals surface area contributed by atoms with Gasteiger partial charge in [-0.1, -0.05) is 24.6 Å². The molecule has 0 heterocycles. The van der Waals surface area contributed by atoms with E-state index in [1.165, 1.54) is 11.8 Å². The highest BCUT2D eigenvalue weighted by Gasteiger charge is 2.36. The normalized spacial score (nSPS) is 24.6. The minimum atomic E-state index is -0.978. The molecule has 0 amide bonds. The zero-order chi connectivity index (χ0) is 12.3. The topological polar surface area (TPSA) is 54.4 Å². The van der Waals surface area contributed by atoms with Crippen molar-refractivity contribution in [2.45, 2.75) is 29.4 Å². The van der Waals surface area contributed by atoms with Gasteiger partial charge in [0.15, 0.2) is 5.78 Å². The van der Waals surface area contributed by atoms with E-state index in [-0.39, 0.29) is 11.0 Å². The van der Waals surface area contributed by atoms with E-state index >= 15 is 0 Å².